The van der Waals surface area contributed by atoms with Crippen LogP contribution < -0.4 is 0 Å². The summed E-state index contributed by atoms with van der Waals surface area (Å²) >= 11 is 12.6. The van der Waals surface area contributed by atoms with E-state index in [1.165, 1.54) is 6.21 Å². The Labute approximate surface area is 174 Å². The number of aliphatic hydroxyl groups is 1. The molecule has 0 heterocycles. The van der Waals surface area contributed by atoms with Crippen LogP contribution in [0.3, 0.4) is 0 Å². The van der Waals surface area contributed by atoms with Crippen molar-refractivity contribution >= 4 is 29.4 Å². The molecule has 0 aromatic rings. The Balaban J connectivity index is 2.03. The molecule has 28 heavy (non-hydrogen) atoms. The number of halogens is 4. The van der Waals surface area contributed by atoms with Gasteiger partial charge < -0.3 is 19.8 Å². The summed E-state index contributed by atoms with van der Waals surface area (Å²) < 4.78 is 35.8. The summed E-state index contributed by atoms with van der Waals surface area (Å²) in [5, 5.41) is 21.6. The lowest BCUT2D eigenvalue weighted by molar-refractivity contribution is -0.107. The third kappa shape index (κ3) is 7.23. The van der Waals surface area contributed by atoms with Crippen molar-refractivity contribution in [2.75, 3.05) is 6.61 Å². The molecule has 0 spiro atoms. The van der Waals surface area contributed by atoms with Crippen molar-refractivity contribution in [1.29, 1.82) is 0 Å². The van der Waals surface area contributed by atoms with Crippen LogP contribution in [0.5, 0.6) is 0 Å². The first-order valence-electron chi connectivity index (χ1n) is 9.79. The highest BCUT2D eigenvalue weighted by molar-refractivity contribution is 6.29. The highest BCUT2D eigenvalue weighted by Crippen LogP contribution is 2.38. The van der Waals surface area contributed by atoms with E-state index in [0.29, 0.717) is 44.0 Å². The first kappa shape index (κ1) is 23.5. The number of hydrogen-bond acceptors (Lipinski definition) is 5. The maximum atomic E-state index is 12.7. The topological polar surface area (TPSA) is 71.3 Å². The largest absolute Gasteiger partial charge is 0.494 e. The molecule has 0 aromatic heterocycles. The van der Waals surface area contributed by atoms with Crippen LogP contribution in [0.4, 0.5) is 8.78 Å². The van der Waals surface area contributed by atoms with E-state index in [0.717, 1.165) is 12.8 Å². The molecule has 2 N–H and O–H groups in total. The molecule has 5 atom stereocenters. The summed E-state index contributed by atoms with van der Waals surface area (Å²) in [5.41, 5.74) is 0. The number of hydrogen-bond donors (Lipinski definition) is 2. The number of rotatable bonds is 12. The van der Waals surface area contributed by atoms with Crippen LogP contribution in [0.15, 0.2) is 16.7 Å². The second-order valence-electron chi connectivity index (χ2n) is 7.58. The van der Waals surface area contributed by atoms with Crippen molar-refractivity contribution in [3.05, 3.63) is 11.5 Å². The van der Waals surface area contributed by atoms with Crippen LogP contribution in [-0.2, 0) is 9.47 Å². The minimum Gasteiger partial charge on any atom is -0.494 e. The number of nitrogens with zero attached hydrogens (tertiary/aromatic N) is 1. The molecule has 5 nitrogen and oxygen atoms in total. The van der Waals surface area contributed by atoms with Gasteiger partial charge in [0, 0.05) is 18.2 Å². The fraction of sp³-hybridized carbons (Fsp3) is 0.842. The zero-order valence-corrected chi connectivity index (χ0v) is 17.5. The Kier molecular flexibility index (Phi) is 9.57. The van der Waals surface area contributed by atoms with E-state index < -0.39 is 18.1 Å². The SMILES string of the molecule is CC[C@H](Cl)[C@H](C[C@H](O)[C@H]1CCC(OC(F)F)=C(OCC2CC2)C1)C(Cl)/C=N/O. The van der Waals surface area contributed by atoms with Gasteiger partial charge in [-0.15, -0.1) is 28.4 Å². The molecular weight excluding hydrogens is 415 g/mol. The molecule has 0 amide bonds. The maximum Gasteiger partial charge on any atom is 0.387 e. The fourth-order valence-electron chi connectivity index (χ4n) is 3.54. The number of ether oxygens (including phenoxy) is 2. The van der Waals surface area contributed by atoms with E-state index >= 15 is 0 Å². The molecule has 0 aliphatic heterocycles. The molecule has 1 fully saturated rings. The molecular formula is C19H29Cl2F2NO4. The minimum atomic E-state index is -2.89. The predicted octanol–water partition coefficient (Wildman–Crippen LogP) is 5.12. The standard InChI is InChI=1S/C19H29Cl2F2NO4/c1-2-14(20)13(15(21)9-24-26)8-16(25)12-5-6-17(28-19(22)23)18(7-12)27-10-11-3-4-11/h9,11-16,19,25-26H,2-8,10H2,1H3/b24-9+/t12-,13-,14-,15?,16-/m0/s1. The second-order valence-corrected chi connectivity index (χ2v) is 8.65. The zero-order valence-electron chi connectivity index (χ0n) is 15.9. The zero-order chi connectivity index (χ0) is 20.7. The molecule has 2 aliphatic carbocycles. The van der Waals surface area contributed by atoms with Crippen molar-refractivity contribution < 1.29 is 28.6 Å². The van der Waals surface area contributed by atoms with Gasteiger partial charge in [-0.2, -0.15) is 8.78 Å². The average molecular weight is 444 g/mol. The molecule has 162 valence electrons. The highest BCUT2D eigenvalue weighted by atomic mass is 35.5. The van der Waals surface area contributed by atoms with Crippen molar-refractivity contribution in [2.45, 2.75) is 75.3 Å². The third-order valence-corrected chi connectivity index (χ3v) is 6.52. The Bertz CT molecular complexity index is 546. The van der Waals surface area contributed by atoms with Gasteiger partial charge in [-0.1, -0.05) is 6.92 Å². The summed E-state index contributed by atoms with van der Waals surface area (Å²) in [5.74, 6) is 0.611. The molecule has 0 aromatic carbocycles. The molecule has 0 radical (unpaired) electrons. The first-order valence-corrected chi connectivity index (χ1v) is 10.7. The third-order valence-electron chi connectivity index (χ3n) is 5.45. The molecule has 2 rings (SSSR count). The second kappa shape index (κ2) is 11.4. The Hall–Kier alpha value is -0.790. The van der Waals surface area contributed by atoms with Crippen molar-refractivity contribution in [1.82, 2.24) is 0 Å². The van der Waals surface area contributed by atoms with Gasteiger partial charge in [0.15, 0.2) is 0 Å². The average Bonchev–Trinajstić information content (AvgIpc) is 3.48. The van der Waals surface area contributed by atoms with Gasteiger partial charge in [0.2, 0.25) is 0 Å². The fourth-order valence-corrected chi connectivity index (χ4v) is 4.20. The van der Waals surface area contributed by atoms with E-state index in [1.807, 2.05) is 6.92 Å². The van der Waals surface area contributed by atoms with Crippen LogP contribution in [0.2, 0.25) is 0 Å². The Morgan fingerprint density at radius 1 is 1.25 bits per heavy atom. The van der Waals surface area contributed by atoms with Crippen LogP contribution >= 0.6 is 23.2 Å². The predicted molar refractivity (Wildman–Crippen MR) is 104 cm³/mol. The minimum absolute atomic E-state index is 0.169. The van der Waals surface area contributed by atoms with E-state index in [-0.39, 0.29) is 29.4 Å². The summed E-state index contributed by atoms with van der Waals surface area (Å²) in [6.07, 6.45) is 4.73. The van der Waals surface area contributed by atoms with Gasteiger partial charge in [0.25, 0.3) is 0 Å². The number of aliphatic hydroxyl groups excluding tert-OH is 1. The van der Waals surface area contributed by atoms with Gasteiger partial charge >= 0.3 is 6.61 Å². The molecule has 9 heteroatoms. The summed E-state index contributed by atoms with van der Waals surface area (Å²) in [6, 6.07) is 0. The normalized spacial score (nSPS) is 25.0. The molecule has 1 unspecified atom stereocenters. The van der Waals surface area contributed by atoms with Crippen molar-refractivity contribution in [3.63, 3.8) is 0 Å². The van der Waals surface area contributed by atoms with Gasteiger partial charge in [-0.25, -0.2) is 0 Å². The van der Waals surface area contributed by atoms with Crippen LogP contribution in [0, 0.1) is 17.8 Å². The smallest absolute Gasteiger partial charge is 0.387 e. The van der Waals surface area contributed by atoms with Crippen molar-refractivity contribution in [2.24, 2.45) is 22.9 Å². The van der Waals surface area contributed by atoms with Crippen molar-refractivity contribution in [3.8, 4) is 0 Å². The van der Waals surface area contributed by atoms with E-state index in [1.54, 1.807) is 0 Å². The van der Waals surface area contributed by atoms with Gasteiger partial charge in [0.1, 0.15) is 11.5 Å². The lowest BCUT2D eigenvalue weighted by atomic mass is 9.81. The number of allylic oxidation sites excluding steroid dienone is 2. The van der Waals surface area contributed by atoms with Gasteiger partial charge in [0.05, 0.1) is 24.3 Å². The summed E-state index contributed by atoms with van der Waals surface area (Å²) in [7, 11) is 0. The Morgan fingerprint density at radius 2 is 1.96 bits per heavy atom. The summed E-state index contributed by atoms with van der Waals surface area (Å²) in [6.45, 7) is -0.484. The van der Waals surface area contributed by atoms with Crippen LogP contribution in [-0.4, -0.2) is 46.6 Å². The van der Waals surface area contributed by atoms with Gasteiger partial charge in [-0.3, -0.25) is 0 Å². The number of alkyl halides is 4. The lowest BCUT2D eigenvalue weighted by Gasteiger charge is -2.33. The van der Waals surface area contributed by atoms with E-state index in [2.05, 4.69) is 9.89 Å². The molecule has 1 saturated carbocycles. The Morgan fingerprint density at radius 3 is 2.54 bits per heavy atom. The molecule has 2 aliphatic rings. The number of oxime groups is 1. The van der Waals surface area contributed by atoms with Crippen LogP contribution in [0.25, 0.3) is 0 Å². The molecule has 0 bridgehead atoms. The highest BCUT2D eigenvalue weighted by Gasteiger charge is 2.35. The van der Waals surface area contributed by atoms with Crippen LogP contribution in [0.1, 0.15) is 51.9 Å². The summed E-state index contributed by atoms with van der Waals surface area (Å²) in [4.78, 5) is 0. The quantitative estimate of drug-likeness (QED) is 0.190. The van der Waals surface area contributed by atoms with Gasteiger partial charge in [-0.05, 0) is 49.9 Å². The maximum absolute atomic E-state index is 12.7. The molecule has 0 saturated heterocycles. The van der Waals surface area contributed by atoms with E-state index in [9.17, 15) is 13.9 Å². The first-order chi connectivity index (χ1) is 13.3. The van der Waals surface area contributed by atoms with E-state index in [4.69, 9.17) is 33.1 Å². The monoisotopic (exact) mass is 443 g/mol. The lowest BCUT2D eigenvalue weighted by Crippen LogP contribution is -2.34.